The van der Waals surface area contributed by atoms with E-state index in [0.29, 0.717) is 25.9 Å². The quantitative estimate of drug-likeness (QED) is 0.739. The van der Waals surface area contributed by atoms with Crippen LogP contribution in [0, 0.1) is 0 Å². The van der Waals surface area contributed by atoms with E-state index in [1.165, 1.54) is 0 Å². The van der Waals surface area contributed by atoms with Gasteiger partial charge in [-0.05, 0) is 41.7 Å². The van der Waals surface area contributed by atoms with Crippen LogP contribution in [0.4, 0.5) is 0 Å². The summed E-state index contributed by atoms with van der Waals surface area (Å²) in [4.78, 5) is 33.6. The van der Waals surface area contributed by atoms with Crippen LogP contribution in [0.1, 0.15) is 38.7 Å². The van der Waals surface area contributed by atoms with Crippen molar-refractivity contribution in [2.45, 2.75) is 45.6 Å². The van der Waals surface area contributed by atoms with E-state index in [2.05, 4.69) is 24.0 Å². The van der Waals surface area contributed by atoms with Gasteiger partial charge in [-0.2, -0.15) is 0 Å². The topological polar surface area (TPSA) is 53.5 Å². The molecule has 5 nitrogen and oxygen atoms in total. The molecule has 1 aromatic carbocycles. The Hall–Kier alpha value is -2.69. The summed E-state index contributed by atoms with van der Waals surface area (Å²) in [6.45, 7) is 6.09. The number of amides is 2. The predicted molar refractivity (Wildman–Crippen MR) is 111 cm³/mol. The molecule has 3 rings (SSSR count). The zero-order valence-corrected chi connectivity index (χ0v) is 16.8. The fraction of sp³-hybridized carbons (Fsp3) is 0.435. The van der Waals surface area contributed by atoms with Gasteiger partial charge in [0, 0.05) is 44.9 Å². The first-order valence-electron chi connectivity index (χ1n) is 10.2. The Morgan fingerprint density at radius 1 is 1.07 bits per heavy atom. The van der Waals surface area contributed by atoms with Crippen molar-refractivity contribution < 1.29 is 9.59 Å². The van der Waals surface area contributed by atoms with E-state index in [1.807, 2.05) is 36.1 Å². The molecule has 0 bridgehead atoms. The number of aromatic nitrogens is 1. The predicted octanol–water partition coefficient (Wildman–Crippen LogP) is 3.54. The standard InChI is InChI=1S/C23H29N3O2/c1-3-6-22(27)26-15-14-25(13-4-2)23(28)21(26)17-18-7-5-8-20(16-18)19-9-11-24-12-10-19/h5,7-12,16,21H,3-4,6,13-15,17H2,1-2H3/t21-/m1/s1. The van der Waals surface area contributed by atoms with Crippen molar-refractivity contribution >= 4 is 11.8 Å². The van der Waals surface area contributed by atoms with Gasteiger partial charge in [0.25, 0.3) is 0 Å². The van der Waals surface area contributed by atoms with Crippen molar-refractivity contribution in [2.24, 2.45) is 0 Å². The van der Waals surface area contributed by atoms with Crippen LogP contribution in [0.3, 0.4) is 0 Å². The van der Waals surface area contributed by atoms with E-state index < -0.39 is 6.04 Å². The van der Waals surface area contributed by atoms with Gasteiger partial charge in [0.1, 0.15) is 6.04 Å². The van der Waals surface area contributed by atoms with E-state index in [-0.39, 0.29) is 11.8 Å². The van der Waals surface area contributed by atoms with Crippen molar-refractivity contribution in [2.75, 3.05) is 19.6 Å². The number of nitrogens with zero attached hydrogens (tertiary/aromatic N) is 3. The van der Waals surface area contributed by atoms with Crippen LogP contribution in [0.25, 0.3) is 11.1 Å². The molecule has 1 aromatic heterocycles. The molecule has 1 fully saturated rings. The maximum atomic E-state index is 13.1. The number of piperazine rings is 1. The van der Waals surface area contributed by atoms with Gasteiger partial charge in [-0.1, -0.05) is 38.1 Å². The number of carbonyl (C=O) groups excluding carboxylic acids is 2. The van der Waals surface area contributed by atoms with Crippen molar-refractivity contribution in [3.8, 4) is 11.1 Å². The number of hydrogen-bond acceptors (Lipinski definition) is 3. The highest BCUT2D eigenvalue weighted by Crippen LogP contribution is 2.23. The lowest BCUT2D eigenvalue weighted by Gasteiger charge is -2.41. The van der Waals surface area contributed by atoms with E-state index in [1.54, 1.807) is 17.3 Å². The van der Waals surface area contributed by atoms with Crippen molar-refractivity contribution in [3.63, 3.8) is 0 Å². The number of benzene rings is 1. The van der Waals surface area contributed by atoms with Gasteiger partial charge in [-0.3, -0.25) is 14.6 Å². The molecule has 0 saturated carbocycles. The third-order valence-electron chi connectivity index (χ3n) is 5.23. The van der Waals surface area contributed by atoms with Crippen molar-refractivity contribution in [1.29, 1.82) is 0 Å². The second-order valence-corrected chi connectivity index (χ2v) is 7.32. The molecule has 0 spiro atoms. The van der Waals surface area contributed by atoms with Gasteiger partial charge in [-0.25, -0.2) is 0 Å². The van der Waals surface area contributed by atoms with Gasteiger partial charge >= 0.3 is 0 Å². The lowest BCUT2D eigenvalue weighted by Crippen LogP contribution is -2.59. The molecular formula is C23H29N3O2. The summed E-state index contributed by atoms with van der Waals surface area (Å²) in [7, 11) is 0. The Bertz CT molecular complexity index is 807. The summed E-state index contributed by atoms with van der Waals surface area (Å²) in [5.74, 6) is 0.161. The Kier molecular flexibility index (Phi) is 6.80. The van der Waals surface area contributed by atoms with E-state index in [9.17, 15) is 9.59 Å². The molecule has 2 aromatic rings. The monoisotopic (exact) mass is 379 g/mol. The molecule has 1 aliphatic heterocycles. The molecule has 148 valence electrons. The molecule has 2 heterocycles. The zero-order valence-electron chi connectivity index (χ0n) is 16.8. The van der Waals surface area contributed by atoms with Crippen molar-refractivity contribution in [3.05, 3.63) is 54.4 Å². The molecule has 28 heavy (non-hydrogen) atoms. The third kappa shape index (κ3) is 4.58. The molecule has 5 heteroatoms. The van der Waals surface area contributed by atoms with Crippen LogP contribution in [0.15, 0.2) is 48.8 Å². The normalized spacial score (nSPS) is 17.1. The van der Waals surface area contributed by atoms with E-state index in [4.69, 9.17) is 0 Å². The fourth-order valence-electron chi connectivity index (χ4n) is 3.83. The first kappa shape index (κ1) is 20.1. The van der Waals surface area contributed by atoms with Gasteiger partial charge in [0.15, 0.2) is 0 Å². The highest BCUT2D eigenvalue weighted by molar-refractivity contribution is 5.89. The number of pyridine rings is 1. The van der Waals surface area contributed by atoms with Gasteiger partial charge in [0.05, 0.1) is 0 Å². The minimum atomic E-state index is -0.410. The number of rotatable bonds is 7. The van der Waals surface area contributed by atoms with Crippen LogP contribution in [-0.4, -0.2) is 52.3 Å². The Balaban J connectivity index is 1.85. The number of hydrogen-bond donors (Lipinski definition) is 0. The lowest BCUT2D eigenvalue weighted by atomic mass is 9.97. The molecule has 0 unspecified atom stereocenters. The largest absolute Gasteiger partial charge is 0.339 e. The number of carbonyl (C=O) groups is 2. The van der Waals surface area contributed by atoms with Gasteiger partial charge in [0.2, 0.25) is 11.8 Å². The minimum Gasteiger partial charge on any atom is -0.339 e. The fourth-order valence-corrected chi connectivity index (χ4v) is 3.83. The minimum absolute atomic E-state index is 0.0758. The summed E-state index contributed by atoms with van der Waals surface area (Å²) in [6, 6.07) is 11.8. The molecule has 0 radical (unpaired) electrons. The summed E-state index contributed by atoms with van der Waals surface area (Å²) in [6.07, 6.45) is 6.33. The van der Waals surface area contributed by atoms with Crippen LogP contribution < -0.4 is 0 Å². The third-order valence-corrected chi connectivity index (χ3v) is 5.23. The first-order chi connectivity index (χ1) is 13.6. The summed E-state index contributed by atoms with van der Waals surface area (Å²) >= 11 is 0. The van der Waals surface area contributed by atoms with E-state index >= 15 is 0 Å². The molecule has 2 amide bonds. The molecular weight excluding hydrogens is 350 g/mol. The van der Waals surface area contributed by atoms with Crippen LogP contribution >= 0.6 is 0 Å². The highest BCUT2D eigenvalue weighted by Gasteiger charge is 2.36. The summed E-state index contributed by atoms with van der Waals surface area (Å²) in [5.41, 5.74) is 3.26. The average Bonchev–Trinajstić information content (AvgIpc) is 2.72. The molecule has 0 N–H and O–H groups in total. The Morgan fingerprint density at radius 2 is 1.86 bits per heavy atom. The molecule has 0 aliphatic carbocycles. The van der Waals surface area contributed by atoms with Gasteiger partial charge < -0.3 is 9.80 Å². The molecule has 1 atom stereocenters. The Morgan fingerprint density at radius 3 is 2.57 bits per heavy atom. The second kappa shape index (κ2) is 9.49. The van der Waals surface area contributed by atoms with Crippen LogP contribution in [0.2, 0.25) is 0 Å². The maximum Gasteiger partial charge on any atom is 0.245 e. The summed E-state index contributed by atoms with van der Waals surface area (Å²) in [5, 5.41) is 0. The molecule has 1 saturated heterocycles. The average molecular weight is 380 g/mol. The first-order valence-corrected chi connectivity index (χ1v) is 10.2. The maximum absolute atomic E-state index is 13.1. The smallest absolute Gasteiger partial charge is 0.245 e. The summed E-state index contributed by atoms with van der Waals surface area (Å²) < 4.78 is 0. The Labute approximate surface area is 167 Å². The van der Waals surface area contributed by atoms with Crippen molar-refractivity contribution in [1.82, 2.24) is 14.8 Å². The van der Waals surface area contributed by atoms with Gasteiger partial charge in [-0.15, -0.1) is 0 Å². The van der Waals surface area contributed by atoms with Crippen LogP contribution in [-0.2, 0) is 16.0 Å². The lowest BCUT2D eigenvalue weighted by molar-refractivity contribution is -0.151. The highest BCUT2D eigenvalue weighted by atomic mass is 16.2. The second-order valence-electron chi connectivity index (χ2n) is 7.32. The SMILES string of the molecule is CCCC(=O)N1CCN(CCC)C(=O)[C@H]1Cc1cccc(-c2ccncc2)c1. The van der Waals surface area contributed by atoms with E-state index in [0.717, 1.165) is 36.1 Å². The zero-order chi connectivity index (χ0) is 19.9. The van der Waals surface area contributed by atoms with Crippen LogP contribution in [0.5, 0.6) is 0 Å². The molecule has 1 aliphatic rings.